The highest BCUT2D eigenvalue weighted by atomic mass is 16.2. The SMILES string of the molecule is Cc1cccc(CCNC(=O)C2(N)CC2)c1. The predicted molar refractivity (Wildman–Crippen MR) is 64.0 cm³/mol. The number of aryl methyl sites for hydroxylation is 1. The highest BCUT2D eigenvalue weighted by Crippen LogP contribution is 2.31. The Bertz CT molecular complexity index is 397. The first-order chi connectivity index (χ1) is 7.60. The molecule has 2 rings (SSSR count). The van der Waals surface area contributed by atoms with Crippen LogP contribution in [0.25, 0.3) is 0 Å². The average molecular weight is 218 g/mol. The van der Waals surface area contributed by atoms with Gasteiger partial charge in [-0.15, -0.1) is 0 Å². The summed E-state index contributed by atoms with van der Waals surface area (Å²) in [6, 6.07) is 8.33. The first kappa shape index (κ1) is 11.1. The third-order valence-electron chi connectivity index (χ3n) is 3.02. The average Bonchev–Trinajstić information content (AvgIpc) is 2.98. The highest BCUT2D eigenvalue weighted by Gasteiger charge is 2.45. The van der Waals surface area contributed by atoms with E-state index in [9.17, 15) is 4.79 Å². The summed E-state index contributed by atoms with van der Waals surface area (Å²) in [4.78, 5) is 11.5. The van der Waals surface area contributed by atoms with Gasteiger partial charge in [-0.2, -0.15) is 0 Å². The van der Waals surface area contributed by atoms with Gasteiger partial charge in [0.2, 0.25) is 5.91 Å². The lowest BCUT2D eigenvalue weighted by Crippen LogP contribution is -2.43. The quantitative estimate of drug-likeness (QED) is 0.796. The molecule has 3 heteroatoms. The summed E-state index contributed by atoms with van der Waals surface area (Å²) in [6.07, 6.45) is 2.51. The molecule has 1 aromatic rings. The van der Waals surface area contributed by atoms with Crippen molar-refractivity contribution < 1.29 is 4.79 Å². The fraction of sp³-hybridized carbons (Fsp3) is 0.462. The summed E-state index contributed by atoms with van der Waals surface area (Å²) >= 11 is 0. The lowest BCUT2D eigenvalue weighted by Gasteiger charge is -2.10. The van der Waals surface area contributed by atoms with Crippen LogP contribution >= 0.6 is 0 Å². The number of hydrogen-bond acceptors (Lipinski definition) is 2. The Hall–Kier alpha value is -1.35. The van der Waals surface area contributed by atoms with Gasteiger partial charge in [0, 0.05) is 6.54 Å². The molecular formula is C13H18N2O. The molecule has 0 aliphatic heterocycles. The van der Waals surface area contributed by atoms with E-state index in [-0.39, 0.29) is 5.91 Å². The Morgan fingerprint density at radius 1 is 1.50 bits per heavy atom. The van der Waals surface area contributed by atoms with Crippen LogP contribution in [-0.2, 0) is 11.2 Å². The number of carbonyl (C=O) groups excluding carboxylic acids is 1. The van der Waals surface area contributed by atoms with Crippen molar-refractivity contribution in [2.75, 3.05) is 6.54 Å². The van der Waals surface area contributed by atoms with Crippen LogP contribution in [0.5, 0.6) is 0 Å². The molecule has 0 spiro atoms. The smallest absolute Gasteiger partial charge is 0.240 e. The van der Waals surface area contributed by atoms with E-state index in [4.69, 9.17) is 5.73 Å². The molecule has 0 bridgehead atoms. The molecule has 86 valence electrons. The highest BCUT2D eigenvalue weighted by molar-refractivity contribution is 5.88. The topological polar surface area (TPSA) is 55.1 Å². The van der Waals surface area contributed by atoms with Crippen LogP contribution in [0.2, 0.25) is 0 Å². The summed E-state index contributed by atoms with van der Waals surface area (Å²) in [7, 11) is 0. The number of carbonyl (C=O) groups is 1. The zero-order valence-electron chi connectivity index (χ0n) is 9.62. The number of amides is 1. The van der Waals surface area contributed by atoms with Crippen LogP contribution in [0.3, 0.4) is 0 Å². The third kappa shape index (κ3) is 2.61. The van der Waals surface area contributed by atoms with Gasteiger partial charge < -0.3 is 11.1 Å². The monoisotopic (exact) mass is 218 g/mol. The van der Waals surface area contributed by atoms with E-state index in [0.29, 0.717) is 6.54 Å². The van der Waals surface area contributed by atoms with Gasteiger partial charge >= 0.3 is 0 Å². The van der Waals surface area contributed by atoms with Crippen LogP contribution in [-0.4, -0.2) is 18.0 Å². The summed E-state index contributed by atoms with van der Waals surface area (Å²) in [5, 5.41) is 2.89. The first-order valence-electron chi connectivity index (χ1n) is 5.73. The molecule has 0 heterocycles. The van der Waals surface area contributed by atoms with Crippen molar-refractivity contribution >= 4 is 5.91 Å². The molecule has 0 radical (unpaired) electrons. The van der Waals surface area contributed by atoms with Crippen molar-refractivity contribution in [2.45, 2.75) is 31.7 Å². The second-order valence-corrected chi connectivity index (χ2v) is 4.65. The molecule has 1 amide bonds. The van der Waals surface area contributed by atoms with Gasteiger partial charge in [0.25, 0.3) is 0 Å². The van der Waals surface area contributed by atoms with E-state index in [1.54, 1.807) is 0 Å². The number of nitrogens with two attached hydrogens (primary N) is 1. The van der Waals surface area contributed by atoms with Crippen molar-refractivity contribution in [2.24, 2.45) is 5.73 Å². The standard InChI is InChI=1S/C13H18N2O/c1-10-3-2-4-11(9-10)5-8-15-12(16)13(14)6-7-13/h2-4,9H,5-8,14H2,1H3,(H,15,16). The molecule has 1 aliphatic carbocycles. The Morgan fingerprint density at radius 3 is 2.88 bits per heavy atom. The van der Waals surface area contributed by atoms with Crippen molar-refractivity contribution in [1.82, 2.24) is 5.32 Å². The molecular weight excluding hydrogens is 200 g/mol. The predicted octanol–water partition coefficient (Wildman–Crippen LogP) is 1.15. The van der Waals surface area contributed by atoms with Crippen LogP contribution < -0.4 is 11.1 Å². The summed E-state index contributed by atoms with van der Waals surface area (Å²) in [5.41, 5.74) is 7.74. The van der Waals surface area contributed by atoms with Crippen LogP contribution in [0.1, 0.15) is 24.0 Å². The molecule has 3 nitrogen and oxygen atoms in total. The molecule has 1 fully saturated rings. The van der Waals surface area contributed by atoms with Gasteiger partial charge in [0.1, 0.15) is 0 Å². The molecule has 3 N–H and O–H groups in total. The van der Waals surface area contributed by atoms with Crippen molar-refractivity contribution in [3.63, 3.8) is 0 Å². The fourth-order valence-corrected chi connectivity index (χ4v) is 1.73. The van der Waals surface area contributed by atoms with Gasteiger partial charge in [-0.1, -0.05) is 29.8 Å². The lowest BCUT2D eigenvalue weighted by molar-refractivity contribution is -0.123. The summed E-state index contributed by atoms with van der Waals surface area (Å²) in [6.45, 7) is 2.74. The molecule has 0 atom stereocenters. The maximum absolute atomic E-state index is 11.5. The minimum atomic E-state index is -0.549. The van der Waals surface area contributed by atoms with Gasteiger partial charge in [-0.3, -0.25) is 4.79 Å². The van der Waals surface area contributed by atoms with Crippen molar-refractivity contribution in [3.05, 3.63) is 35.4 Å². The van der Waals surface area contributed by atoms with Crippen LogP contribution in [0.15, 0.2) is 24.3 Å². The molecule has 0 saturated heterocycles. The van der Waals surface area contributed by atoms with E-state index in [1.165, 1.54) is 11.1 Å². The summed E-state index contributed by atoms with van der Waals surface area (Å²) in [5.74, 6) is 0.000142. The Balaban J connectivity index is 1.78. The second-order valence-electron chi connectivity index (χ2n) is 4.65. The maximum Gasteiger partial charge on any atom is 0.240 e. The number of nitrogens with one attached hydrogen (secondary N) is 1. The summed E-state index contributed by atoms with van der Waals surface area (Å²) < 4.78 is 0. The Labute approximate surface area is 96.0 Å². The third-order valence-corrected chi connectivity index (χ3v) is 3.02. The van der Waals surface area contributed by atoms with E-state index < -0.39 is 5.54 Å². The zero-order chi connectivity index (χ0) is 11.6. The van der Waals surface area contributed by atoms with Gasteiger partial charge in [-0.05, 0) is 31.7 Å². The van der Waals surface area contributed by atoms with Crippen molar-refractivity contribution in [1.29, 1.82) is 0 Å². The number of rotatable bonds is 4. The Morgan fingerprint density at radius 2 is 2.25 bits per heavy atom. The zero-order valence-corrected chi connectivity index (χ0v) is 9.62. The number of benzene rings is 1. The second kappa shape index (κ2) is 4.26. The molecule has 1 aliphatic rings. The minimum Gasteiger partial charge on any atom is -0.354 e. The van der Waals surface area contributed by atoms with E-state index in [0.717, 1.165) is 19.3 Å². The van der Waals surface area contributed by atoms with E-state index in [2.05, 4.69) is 30.4 Å². The molecule has 0 aromatic heterocycles. The molecule has 0 unspecified atom stereocenters. The van der Waals surface area contributed by atoms with Crippen LogP contribution in [0, 0.1) is 6.92 Å². The first-order valence-corrected chi connectivity index (χ1v) is 5.73. The fourth-order valence-electron chi connectivity index (χ4n) is 1.73. The largest absolute Gasteiger partial charge is 0.354 e. The van der Waals surface area contributed by atoms with E-state index >= 15 is 0 Å². The van der Waals surface area contributed by atoms with Gasteiger partial charge in [-0.25, -0.2) is 0 Å². The van der Waals surface area contributed by atoms with Crippen LogP contribution in [0.4, 0.5) is 0 Å². The Kier molecular flexibility index (Phi) is 2.97. The van der Waals surface area contributed by atoms with Gasteiger partial charge in [0.15, 0.2) is 0 Å². The van der Waals surface area contributed by atoms with Gasteiger partial charge in [0.05, 0.1) is 5.54 Å². The molecule has 1 saturated carbocycles. The normalized spacial score (nSPS) is 16.9. The minimum absolute atomic E-state index is 0.000142. The lowest BCUT2D eigenvalue weighted by atomic mass is 10.1. The maximum atomic E-state index is 11.5. The molecule has 16 heavy (non-hydrogen) atoms. The molecule has 1 aromatic carbocycles. The van der Waals surface area contributed by atoms with Crippen molar-refractivity contribution in [3.8, 4) is 0 Å². The number of hydrogen-bond donors (Lipinski definition) is 2. The van der Waals surface area contributed by atoms with E-state index in [1.807, 2.05) is 6.07 Å².